The second-order valence-corrected chi connectivity index (χ2v) is 12.0. The maximum atomic E-state index is 2.46. The number of aromatic nitrogens is 2. The van der Waals surface area contributed by atoms with Crippen molar-refractivity contribution in [3.8, 4) is 11.4 Å². The van der Waals surface area contributed by atoms with E-state index in [9.17, 15) is 0 Å². The molecule has 8 aromatic rings. The van der Waals surface area contributed by atoms with Crippen LogP contribution in [0.2, 0.25) is 0 Å². The lowest BCUT2D eigenvalue weighted by Crippen LogP contribution is -2.14. The molecule has 0 saturated carbocycles. The van der Waals surface area contributed by atoms with Gasteiger partial charge in [0, 0.05) is 62.8 Å². The number of hydrogen-bond acceptors (Lipinski definition) is 0. The number of rotatable bonds is 3. The van der Waals surface area contributed by atoms with Gasteiger partial charge in [0.2, 0.25) is 11.4 Å². The van der Waals surface area contributed by atoms with E-state index < -0.39 is 0 Å². The van der Waals surface area contributed by atoms with E-state index in [0.717, 1.165) is 0 Å². The van der Waals surface area contributed by atoms with Gasteiger partial charge in [0.15, 0.2) is 5.71 Å². The first-order valence-electron chi connectivity index (χ1n) is 15.6. The van der Waals surface area contributed by atoms with Crippen molar-refractivity contribution < 1.29 is 0 Å². The molecule has 2 aromatic heterocycles. The number of benzene rings is 6. The summed E-state index contributed by atoms with van der Waals surface area (Å²) in [6.07, 6.45) is 8.92. The molecular formula is C42H28N3+. The van der Waals surface area contributed by atoms with Gasteiger partial charge in [-0.1, -0.05) is 91.0 Å². The summed E-state index contributed by atoms with van der Waals surface area (Å²) in [6.45, 7) is 0. The highest BCUT2D eigenvalue weighted by Crippen LogP contribution is 2.45. The second-order valence-electron chi connectivity index (χ2n) is 12.0. The Labute approximate surface area is 260 Å². The molecule has 0 amide bonds. The molecular weight excluding hydrogens is 546 g/mol. The predicted molar refractivity (Wildman–Crippen MR) is 189 cm³/mol. The van der Waals surface area contributed by atoms with E-state index in [1.165, 1.54) is 77.6 Å². The van der Waals surface area contributed by atoms with Crippen LogP contribution in [0.15, 0.2) is 164 Å². The highest BCUT2D eigenvalue weighted by Gasteiger charge is 2.39. The molecule has 3 heterocycles. The third-order valence-corrected chi connectivity index (χ3v) is 9.60. The van der Waals surface area contributed by atoms with Crippen molar-refractivity contribution in [2.75, 3.05) is 0 Å². The summed E-state index contributed by atoms with van der Waals surface area (Å²) in [5.74, 6) is 0.216. The number of allylic oxidation sites excluding steroid dienone is 4. The van der Waals surface area contributed by atoms with Crippen molar-refractivity contribution in [2.45, 2.75) is 5.92 Å². The van der Waals surface area contributed by atoms with E-state index in [2.05, 4.69) is 178 Å². The molecule has 0 saturated heterocycles. The summed E-state index contributed by atoms with van der Waals surface area (Å²) in [7, 11) is 0. The maximum Gasteiger partial charge on any atom is 0.215 e. The Morgan fingerprint density at radius 1 is 0.489 bits per heavy atom. The minimum Gasteiger partial charge on any atom is -0.309 e. The fourth-order valence-electron chi connectivity index (χ4n) is 7.80. The van der Waals surface area contributed by atoms with Gasteiger partial charge >= 0.3 is 0 Å². The Balaban J connectivity index is 1.27. The summed E-state index contributed by atoms with van der Waals surface area (Å²) < 4.78 is 7.29. The average molecular weight is 575 g/mol. The first kappa shape index (κ1) is 24.5. The highest BCUT2D eigenvalue weighted by atomic mass is 15.1. The molecule has 3 heteroatoms. The van der Waals surface area contributed by atoms with E-state index in [1.807, 2.05) is 0 Å². The average Bonchev–Trinajstić information content (AvgIpc) is 3.74. The van der Waals surface area contributed by atoms with Crippen molar-refractivity contribution in [1.82, 2.24) is 13.7 Å². The van der Waals surface area contributed by atoms with Gasteiger partial charge in [-0.3, -0.25) is 0 Å². The lowest BCUT2D eigenvalue weighted by molar-refractivity contribution is 1.09. The lowest BCUT2D eigenvalue weighted by atomic mass is 9.92. The molecule has 1 atom stereocenters. The summed E-state index contributed by atoms with van der Waals surface area (Å²) in [6, 6.07) is 50.8. The van der Waals surface area contributed by atoms with Crippen LogP contribution in [-0.4, -0.2) is 14.8 Å². The van der Waals surface area contributed by atoms with Gasteiger partial charge in [-0.05, 0) is 48.5 Å². The van der Waals surface area contributed by atoms with Gasteiger partial charge in [-0.2, -0.15) is 4.58 Å². The zero-order chi connectivity index (χ0) is 29.5. The first-order chi connectivity index (χ1) is 22.4. The Bertz CT molecular complexity index is 2580. The summed E-state index contributed by atoms with van der Waals surface area (Å²) >= 11 is 0. The van der Waals surface area contributed by atoms with Crippen LogP contribution >= 0.6 is 0 Å². The van der Waals surface area contributed by atoms with Crippen molar-refractivity contribution in [1.29, 1.82) is 0 Å². The van der Waals surface area contributed by atoms with Crippen LogP contribution in [0.5, 0.6) is 0 Å². The van der Waals surface area contributed by atoms with Gasteiger partial charge in [0.25, 0.3) is 0 Å². The van der Waals surface area contributed by atoms with E-state index in [1.54, 1.807) is 0 Å². The standard InChI is InChI=1S/C42H28N3/c1-3-13-28(14-4-1)43-35-20-10-7-17-31(35)34-27-30(23-24-38(34)43)45-37-22-12-9-19-33(37)42-40(45)26-25-39-41(42)32-18-8-11-21-36(32)44(39)29-15-5-2-6-16-29/h1-27,31H/q+1. The number of hydrogen-bond donors (Lipinski definition) is 0. The molecule has 1 unspecified atom stereocenters. The zero-order valence-corrected chi connectivity index (χ0v) is 24.5. The van der Waals surface area contributed by atoms with E-state index in [4.69, 9.17) is 0 Å². The summed E-state index contributed by atoms with van der Waals surface area (Å²) in [5.41, 5.74) is 12.3. The molecule has 6 aromatic carbocycles. The highest BCUT2D eigenvalue weighted by molar-refractivity contribution is 6.29. The molecule has 210 valence electrons. The lowest BCUT2D eigenvalue weighted by Gasteiger charge is -2.11. The Kier molecular flexibility index (Phi) is 5.06. The summed E-state index contributed by atoms with van der Waals surface area (Å²) in [5, 5.41) is 5.14. The van der Waals surface area contributed by atoms with Crippen molar-refractivity contribution in [3.05, 3.63) is 169 Å². The SMILES string of the molecule is C1=CC2=[N+](c3ccccc3)c3ccc(-n4c5ccccc5c5c6c7ccccc7n(-c7ccccc7)c6ccc54)cc3C2C=C1. The normalized spacial score (nSPS) is 15.5. The number of nitrogens with zero attached hydrogens (tertiary/aromatic N) is 3. The van der Waals surface area contributed by atoms with Crippen LogP contribution in [0.3, 0.4) is 0 Å². The van der Waals surface area contributed by atoms with E-state index in [0.29, 0.717) is 0 Å². The predicted octanol–water partition coefficient (Wildman–Crippen LogP) is 10.4. The molecule has 1 aliphatic carbocycles. The van der Waals surface area contributed by atoms with Crippen molar-refractivity contribution in [2.24, 2.45) is 0 Å². The Morgan fingerprint density at radius 2 is 1.09 bits per heavy atom. The van der Waals surface area contributed by atoms with Crippen molar-refractivity contribution >= 4 is 60.7 Å². The monoisotopic (exact) mass is 574 g/mol. The smallest absolute Gasteiger partial charge is 0.215 e. The van der Waals surface area contributed by atoms with Crippen LogP contribution in [0.4, 0.5) is 11.4 Å². The molecule has 0 spiro atoms. The third-order valence-electron chi connectivity index (χ3n) is 9.60. The molecule has 0 N–H and O–H groups in total. The Morgan fingerprint density at radius 3 is 1.78 bits per heavy atom. The van der Waals surface area contributed by atoms with Crippen LogP contribution in [0.25, 0.3) is 55.0 Å². The number of fused-ring (bicyclic) bond motifs is 10. The van der Waals surface area contributed by atoms with Crippen LogP contribution in [0, 0.1) is 0 Å². The largest absolute Gasteiger partial charge is 0.309 e. The van der Waals surface area contributed by atoms with Crippen LogP contribution in [-0.2, 0) is 0 Å². The molecule has 10 rings (SSSR count). The van der Waals surface area contributed by atoms with Gasteiger partial charge in [-0.15, -0.1) is 0 Å². The van der Waals surface area contributed by atoms with Gasteiger partial charge < -0.3 is 9.13 Å². The number of para-hydroxylation sites is 4. The molecule has 0 fully saturated rings. The minimum atomic E-state index is 0.216. The molecule has 0 radical (unpaired) electrons. The molecule has 45 heavy (non-hydrogen) atoms. The molecule has 2 aliphatic rings. The topological polar surface area (TPSA) is 12.9 Å². The van der Waals surface area contributed by atoms with Gasteiger partial charge in [-0.25, -0.2) is 0 Å². The molecule has 1 aliphatic heterocycles. The molecule has 0 bridgehead atoms. The van der Waals surface area contributed by atoms with E-state index >= 15 is 0 Å². The quantitative estimate of drug-likeness (QED) is 0.186. The van der Waals surface area contributed by atoms with Crippen LogP contribution < -0.4 is 4.58 Å². The van der Waals surface area contributed by atoms with Crippen molar-refractivity contribution in [3.63, 3.8) is 0 Å². The Hall–Kier alpha value is -5.93. The zero-order valence-electron chi connectivity index (χ0n) is 24.5. The maximum absolute atomic E-state index is 2.46. The fourth-order valence-corrected chi connectivity index (χ4v) is 7.80. The fraction of sp³-hybridized carbons (Fsp3) is 0.0238. The van der Waals surface area contributed by atoms with Gasteiger partial charge in [0.1, 0.15) is 0 Å². The van der Waals surface area contributed by atoms with Crippen LogP contribution in [0.1, 0.15) is 11.5 Å². The molecule has 3 nitrogen and oxygen atoms in total. The third kappa shape index (κ3) is 3.38. The minimum absolute atomic E-state index is 0.216. The van der Waals surface area contributed by atoms with Gasteiger partial charge in [0.05, 0.1) is 28.0 Å². The second kappa shape index (κ2) is 9.28. The van der Waals surface area contributed by atoms with E-state index in [-0.39, 0.29) is 5.92 Å². The first-order valence-corrected chi connectivity index (χ1v) is 15.6. The summed E-state index contributed by atoms with van der Waals surface area (Å²) in [4.78, 5) is 0.